The van der Waals surface area contributed by atoms with E-state index in [1.54, 1.807) is 11.7 Å². The molecule has 0 unspecified atom stereocenters. The summed E-state index contributed by atoms with van der Waals surface area (Å²) in [7, 11) is 1.65. The fourth-order valence-corrected chi connectivity index (χ4v) is 2.77. The van der Waals surface area contributed by atoms with Crippen LogP contribution in [0.4, 0.5) is 0 Å². The van der Waals surface area contributed by atoms with Crippen molar-refractivity contribution in [3.8, 4) is 5.75 Å². The Hall–Kier alpha value is -1.73. The van der Waals surface area contributed by atoms with E-state index >= 15 is 0 Å². The number of rotatable bonds is 9. The highest BCUT2D eigenvalue weighted by molar-refractivity contribution is 7.99. The van der Waals surface area contributed by atoms with Crippen LogP contribution in [-0.4, -0.2) is 40.8 Å². The van der Waals surface area contributed by atoms with Crippen LogP contribution >= 0.6 is 11.8 Å². The van der Waals surface area contributed by atoms with Crippen LogP contribution in [0.5, 0.6) is 5.75 Å². The lowest BCUT2D eigenvalue weighted by Crippen LogP contribution is -2.18. The third-order valence-corrected chi connectivity index (χ3v) is 4.06. The van der Waals surface area contributed by atoms with Gasteiger partial charge in [-0.25, -0.2) is 9.89 Å². The highest BCUT2D eigenvalue weighted by atomic mass is 32.2. The molecule has 0 saturated heterocycles. The Kier molecular flexibility index (Phi) is 6.54. The minimum Gasteiger partial charge on any atom is -0.492 e. The Labute approximate surface area is 133 Å². The molecule has 1 aromatic heterocycles. The molecule has 0 atom stereocenters. The summed E-state index contributed by atoms with van der Waals surface area (Å²) in [5, 5.41) is 7.22. The predicted molar refractivity (Wildman–Crippen MR) is 86.7 cm³/mol. The molecule has 120 valence electrons. The number of para-hydroxylation sites is 1. The van der Waals surface area contributed by atoms with E-state index in [0.29, 0.717) is 24.9 Å². The van der Waals surface area contributed by atoms with E-state index in [0.717, 1.165) is 23.5 Å². The number of ether oxygens (including phenoxy) is 2. The maximum absolute atomic E-state index is 11.7. The second-order valence-corrected chi connectivity index (χ2v) is 5.83. The Morgan fingerprint density at radius 3 is 2.91 bits per heavy atom. The molecule has 22 heavy (non-hydrogen) atoms. The first-order chi connectivity index (χ1) is 10.7. The molecular weight excluding hydrogens is 302 g/mol. The maximum Gasteiger partial charge on any atom is 0.343 e. The molecule has 2 rings (SSSR count). The van der Waals surface area contributed by atoms with Crippen LogP contribution in [0.3, 0.4) is 0 Å². The van der Waals surface area contributed by atoms with Gasteiger partial charge in [-0.1, -0.05) is 30.0 Å². The normalized spacial score (nSPS) is 10.8. The van der Waals surface area contributed by atoms with Gasteiger partial charge in [0.05, 0.1) is 6.61 Å². The van der Waals surface area contributed by atoms with Crippen LogP contribution in [0, 0.1) is 6.92 Å². The molecule has 0 saturated carbocycles. The summed E-state index contributed by atoms with van der Waals surface area (Å²) >= 11 is 1.51. The third kappa shape index (κ3) is 4.64. The Morgan fingerprint density at radius 1 is 1.32 bits per heavy atom. The van der Waals surface area contributed by atoms with Crippen molar-refractivity contribution in [3.05, 3.63) is 40.3 Å². The maximum atomic E-state index is 11.7. The van der Waals surface area contributed by atoms with Gasteiger partial charge in [0, 0.05) is 26.0 Å². The van der Waals surface area contributed by atoms with Crippen LogP contribution in [0.1, 0.15) is 12.0 Å². The number of aromatic amines is 1. The van der Waals surface area contributed by atoms with Crippen LogP contribution in [0.2, 0.25) is 0 Å². The van der Waals surface area contributed by atoms with Crippen LogP contribution in [0.15, 0.2) is 34.2 Å². The number of hydrogen-bond acceptors (Lipinski definition) is 5. The lowest BCUT2D eigenvalue weighted by molar-refractivity contribution is 0.189. The monoisotopic (exact) mass is 323 g/mol. The Morgan fingerprint density at radius 2 is 2.14 bits per heavy atom. The third-order valence-electron chi connectivity index (χ3n) is 3.12. The van der Waals surface area contributed by atoms with Crippen LogP contribution in [0.25, 0.3) is 0 Å². The second kappa shape index (κ2) is 8.65. The van der Waals surface area contributed by atoms with Gasteiger partial charge in [0.25, 0.3) is 0 Å². The average molecular weight is 323 g/mol. The van der Waals surface area contributed by atoms with E-state index in [-0.39, 0.29) is 5.69 Å². The molecule has 0 radical (unpaired) electrons. The number of aromatic nitrogens is 3. The summed E-state index contributed by atoms with van der Waals surface area (Å²) in [5.74, 6) is 1.62. The molecule has 0 bridgehead atoms. The smallest absolute Gasteiger partial charge is 0.343 e. The molecule has 1 aromatic carbocycles. The Bertz CT molecular complexity index is 639. The fraction of sp³-hybridized carbons (Fsp3) is 0.467. The van der Waals surface area contributed by atoms with Gasteiger partial charge in [0.1, 0.15) is 5.75 Å². The molecule has 0 aliphatic rings. The second-order valence-electron chi connectivity index (χ2n) is 4.77. The molecule has 0 aliphatic carbocycles. The number of H-pyrrole nitrogens is 1. The quantitative estimate of drug-likeness (QED) is 0.565. The summed E-state index contributed by atoms with van der Waals surface area (Å²) in [6.45, 7) is 3.81. The molecular formula is C15H21N3O3S. The summed E-state index contributed by atoms with van der Waals surface area (Å²) in [4.78, 5) is 11.7. The molecule has 1 heterocycles. The van der Waals surface area contributed by atoms with Gasteiger partial charge in [0.15, 0.2) is 5.16 Å². The van der Waals surface area contributed by atoms with Gasteiger partial charge in [-0.15, -0.1) is 5.10 Å². The van der Waals surface area contributed by atoms with E-state index in [1.807, 2.05) is 31.2 Å². The molecule has 7 heteroatoms. The predicted octanol–water partition coefficient (Wildman–Crippen LogP) is 2.09. The number of aryl methyl sites for hydroxylation is 1. The topological polar surface area (TPSA) is 69.1 Å². The number of nitrogens with one attached hydrogen (secondary N) is 1. The molecule has 0 aliphatic heterocycles. The zero-order valence-corrected chi connectivity index (χ0v) is 13.7. The minimum atomic E-state index is -0.182. The zero-order chi connectivity index (χ0) is 15.8. The van der Waals surface area contributed by atoms with Crippen molar-refractivity contribution in [3.63, 3.8) is 0 Å². The minimum absolute atomic E-state index is 0.182. The first-order valence-corrected chi connectivity index (χ1v) is 8.16. The van der Waals surface area contributed by atoms with Gasteiger partial charge in [0.2, 0.25) is 0 Å². The highest BCUT2D eigenvalue weighted by Gasteiger charge is 2.08. The van der Waals surface area contributed by atoms with Crippen molar-refractivity contribution in [2.24, 2.45) is 0 Å². The summed E-state index contributed by atoms with van der Waals surface area (Å²) in [5.41, 5.74) is 0.933. The first kappa shape index (κ1) is 16.6. The first-order valence-electron chi connectivity index (χ1n) is 7.17. The number of hydrogen-bond donors (Lipinski definition) is 1. The molecule has 2 aromatic rings. The van der Waals surface area contributed by atoms with E-state index in [2.05, 4.69) is 10.2 Å². The van der Waals surface area contributed by atoms with Crippen molar-refractivity contribution in [2.45, 2.75) is 25.0 Å². The summed E-state index contributed by atoms with van der Waals surface area (Å²) < 4.78 is 12.4. The fourth-order valence-electron chi connectivity index (χ4n) is 1.98. The van der Waals surface area contributed by atoms with Gasteiger partial charge < -0.3 is 9.47 Å². The SMILES string of the molecule is COCCCn1c(SCCOc2ccccc2C)n[nH]c1=O. The van der Waals surface area contributed by atoms with E-state index in [4.69, 9.17) is 9.47 Å². The number of methoxy groups -OCH3 is 1. The van der Waals surface area contributed by atoms with Crippen molar-refractivity contribution < 1.29 is 9.47 Å². The van der Waals surface area contributed by atoms with Gasteiger partial charge >= 0.3 is 5.69 Å². The van der Waals surface area contributed by atoms with E-state index < -0.39 is 0 Å². The van der Waals surface area contributed by atoms with Crippen molar-refractivity contribution in [1.82, 2.24) is 14.8 Å². The van der Waals surface area contributed by atoms with Gasteiger partial charge in [-0.2, -0.15) is 0 Å². The number of benzene rings is 1. The number of nitrogens with zero attached hydrogens (tertiary/aromatic N) is 2. The van der Waals surface area contributed by atoms with Crippen molar-refractivity contribution >= 4 is 11.8 Å². The summed E-state index contributed by atoms with van der Waals surface area (Å²) in [6.07, 6.45) is 0.781. The molecule has 6 nitrogen and oxygen atoms in total. The van der Waals surface area contributed by atoms with E-state index in [1.165, 1.54) is 11.8 Å². The molecule has 0 spiro atoms. The Balaban J connectivity index is 1.82. The van der Waals surface area contributed by atoms with Crippen molar-refractivity contribution in [2.75, 3.05) is 26.1 Å². The highest BCUT2D eigenvalue weighted by Crippen LogP contribution is 2.18. The van der Waals surface area contributed by atoms with Crippen molar-refractivity contribution in [1.29, 1.82) is 0 Å². The van der Waals surface area contributed by atoms with Gasteiger partial charge in [-0.3, -0.25) is 4.57 Å². The van der Waals surface area contributed by atoms with Gasteiger partial charge in [-0.05, 0) is 25.0 Å². The zero-order valence-electron chi connectivity index (χ0n) is 12.9. The summed E-state index contributed by atoms with van der Waals surface area (Å²) in [6, 6.07) is 7.91. The molecule has 0 amide bonds. The van der Waals surface area contributed by atoms with E-state index in [9.17, 15) is 4.79 Å². The number of thioether (sulfide) groups is 1. The largest absolute Gasteiger partial charge is 0.492 e. The lowest BCUT2D eigenvalue weighted by Gasteiger charge is -2.08. The lowest BCUT2D eigenvalue weighted by atomic mass is 10.2. The average Bonchev–Trinajstić information content (AvgIpc) is 2.86. The molecule has 1 N–H and O–H groups in total. The molecule has 0 fully saturated rings. The standard InChI is InChI=1S/C15H21N3O3S/c1-12-6-3-4-7-13(12)21-10-11-22-15-17-16-14(19)18(15)8-5-9-20-2/h3-4,6-7H,5,8-11H2,1-2H3,(H,16,19). The van der Waals surface area contributed by atoms with Crippen LogP contribution < -0.4 is 10.4 Å². The van der Waals surface area contributed by atoms with Crippen LogP contribution in [-0.2, 0) is 11.3 Å².